The van der Waals surface area contributed by atoms with E-state index in [9.17, 15) is 9.59 Å². The summed E-state index contributed by atoms with van der Waals surface area (Å²) in [4.78, 5) is 26.5. The first kappa shape index (κ1) is 16.7. The molecule has 1 saturated heterocycles. The zero-order valence-electron chi connectivity index (χ0n) is 13.9. The molecule has 26 heavy (non-hydrogen) atoms. The number of hydrogen-bond donors (Lipinski definition) is 1. The Morgan fingerprint density at radius 2 is 1.88 bits per heavy atom. The molecule has 2 heterocycles. The Morgan fingerprint density at radius 3 is 2.69 bits per heavy atom. The van der Waals surface area contributed by atoms with Crippen LogP contribution in [0, 0.1) is 0 Å². The number of anilines is 1. The molecular weight excluding hydrogens is 356 g/mol. The van der Waals surface area contributed by atoms with Gasteiger partial charge in [0.15, 0.2) is 11.5 Å². The SMILES string of the molecule is O=C(NC1CC(=O)N(c2ccc3c(c2)OCCO3)C1)c1ccccc1Cl. The Kier molecular flexibility index (Phi) is 4.42. The summed E-state index contributed by atoms with van der Waals surface area (Å²) >= 11 is 6.06. The third-order valence-electron chi connectivity index (χ3n) is 4.42. The molecule has 6 nitrogen and oxygen atoms in total. The van der Waals surface area contributed by atoms with Gasteiger partial charge < -0.3 is 19.7 Å². The van der Waals surface area contributed by atoms with E-state index in [0.717, 1.165) is 5.69 Å². The van der Waals surface area contributed by atoms with Gasteiger partial charge in [-0.05, 0) is 24.3 Å². The summed E-state index contributed by atoms with van der Waals surface area (Å²) in [5.74, 6) is 0.976. The Bertz CT molecular complexity index is 870. The van der Waals surface area contributed by atoms with E-state index in [0.29, 0.717) is 41.8 Å². The standard InChI is InChI=1S/C19H17ClN2O4/c20-15-4-2-1-3-14(15)19(24)21-12-9-18(23)22(11-12)13-5-6-16-17(10-13)26-8-7-25-16/h1-6,10,12H,7-9,11H2,(H,21,24). The summed E-state index contributed by atoms with van der Waals surface area (Å²) in [5, 5.41) is 3.27. The number of benzene rings is 2. The van der Waals surface area contributed by atoms with Crippen molar-refractivity contribution in [3.05, 3.63) is 53.1 Å². The topological polar surface area (TPSA) is 67.9 Å². The molecule has 0 radical (unpaired) electrons. The molecule has 1 atom stereocenters. The van der Waals surface area contributed by atoms with Crippen molar-refractivity contribution in [3.8, 4) is 11.5 Å². The summed E-state index contributed by atoms with van der Waals surface area (Å²) in [7, 11) is 0. The van der Waals surface area contributed by atoms with E-state index in [1.807, 2.05) is 6.07 Å². The van der Waals surface area contributed by atoms with Gasteiger partial charge in [-0.3, -0.25) is 9.59 Å². The van der Waals surface area contributed by atoms with Crippen LogP contribution in [0.3, 0.4) is 0 Å². The summed E-state index contributed by atoms with van der Waals surface area (Å²) in [5.41, 5.74) is 1.13. The second-order valence-electron chi connectivity index (χ2n) is 6.19. The van der Waals surface area contributed by atoms with Crippen molar-refractivity contribution in [2.75, 3.05) is 24.7 Å². The van der Waals surface area contributed by atoms with Gasteiger partial charge >= 0.3 is 0 Å². The minimum absolute atomic E-state index is 0.0499. The number of fused-ring (bicyclic) bond motifs is 1. The van der Waals surface area contributed by atoms with Gasteiger partial charge in [0.2, 0.25) is 5.91 Å². The number of ether oxygens (including phenoxy) is 2. The summed E-state index contributed by atoms with van der Waals surface area (Å²) < 4.78 is 11.1. The third-order valence-corrected chi connectivity index (χ3v) is 4.75. The third kappa shape index (κ3) is 3.20. The highest BCUT2D eigenvalue weighted by Crippen LogP contribution is 2.35. The second kappa shape index (κ2) is 6.88. The molecular formula is C19H17ClN2O4. The Labute approximate surface area is 155 Å². The van der Waals surface area contributed by atoms with Crippen LogP contribution in [0.4, 0.5) is 5.69 Å². The summed E-state index contributed by atoms with van der Waals surface area (Å²) in [6, 6.07) is 12.0. The monoisotopic (exact) mass is 372 g/mol. The van der Waals surface area contributed by atoms with E-state index in [1.165, 1.54) is 0 Å². The number of nitrogens with one attached hydrogen (secondary N) is 1. The number of carbonyl (C=O) groups is 2. The van der Waals surface area contributed by atoms with E-state index in [4.69, 9.17) is 21.1 Å². The van der Waals surface area contributed by atoms with Crippen molar-refractivity contribution in [2.45, 2.75) is 12.5 Å². The Balaban J connectivity index is 1.47. The van der Waals surface area contributed by atoms with Crippen molar-refractivity contribution in [1.29, 1.82) is 0 Å². The van der Waals surface area contributed by atoms with Crippen LogP contribution in [0.5, 0.6) is 11.5 Å². The first-order valence-electron chi connectivity index (χ1n) is 8.37. The average Bonchev–Trinajstić information content (AvgIpc) is 3.01. The molecule has 7 heteroatoms. The molecule has 2 aliphatic heterocycles. The molecule has 2 amide bonds. The highest BCUT2D eigenvalue weighted by molar-refractivity contribution is 6.33. The lowest BCUT2D eigenvalue weighted by molar-refractivity contribution is -0.117. The van der Waals surface area contributed by atoms with E-state index < -0.39 is 0 Å². The van der Waals surface area contributed by atoms with Crippen molar-refractivity contribution in [1.82, 2.24) is 5.32 Å². The van der Waals surface area contributed by atoms with Crippen molar-refractivity contribution < 1.29 is 19.1 Å². The molecule has 0 aromatic heterocycles. The molecule has 0 spiro atoms. The Morgan fingerprint density at radius 1 is 1.12 bits per heavy atom. The summed E-state index contributed by atoms with van der Waals surface area (Å²) in [6.07, 6.45) is 0.241. The van der Waals surface area contributed by atoms with Crippen LogP contribution in [-0.4, -0.2) is 37.6 Å². The van der Waals surface area contributed by atoms with E-state index in [-0.39, 0.29) is 24.3 Å². The number of carbonyl (C=O) groups excluding carboxylic acids is 2. The average molecular weight is 373 g/mol. The van der Waals surface area contributed by atoms with Crippen LogP contribution in [0.25, 0.3) is 0 Å². The van der Waals surface area contributed by atoms with Crippen LogP contribution in [0.2, 0.25) is 5.02 Å². The second-order valence-corrected chi connectivity index (χ2v) is 6.59. The molecule has 1 unspecified atom stereocenters. The van der Waals surface area contributed by atoms with Gasteiger partial charge in [-0.15, -0.1) is 0 Å². The summed E-state index contributed by atoms with van der Waals surface area (Å²) in [6.45, 7) is 1.40. The first-order valence-corrected chi connectivity index (χ1v) is 8.75. The van der Waals surface area contributed by atoms with E-state index in [1.54, 1.807) is 41.3 Å². The molecule has 1 fully saturated rings. The predicted octanol–water partition coefficient (Wildman–Crippen LogP) is 2.65. The molecule has 2 aromatic carbocycles. The van der Waals surface area contributed by atoms with Gasteiger partial charge in [0, 0.05) is 24.7 Å². The maximum absolute atomic E-state index is 12.4. The van der Waals surface area contributed by atoms with Crippen LogP contribution < -0.4 is 19.7 Å². The molecule has 0 aliphatic carbocycles. The van der Waals surface area contributed by atoms with Crippen LogP contribution in [0.1, 0.15) is 16.8 Å². The number of halogens is 1. The fraction of sp³-hybridized carbons (Fsp3) is 0.263. The molecule has 1 N–H and O–H groups in total. The maximum atomic E-state index is 12.4. The van der Waals surface area contributed by atoms with Gasteiger partial charge in [-0.2, -0.15) is 0 Å². The molecule has 4 rings (SSSR count). The molecule has 2 aliphatic rings. The number of rotatable bonds is 3. The van der Waals surface area contributed by atoms with Crippen LogP contribution in [-0.2, 0) is 4.79 Å². The lowest BCUT2D eigenvalue weighted by atomic mass is 10.2. The van der Waals surface area contributed by atoms with Crippen LogP contribution in [0.15, 0.2) is 42.5 Å². The lowest BCUT2D eigenvalue weighted by Crippen LogP contribution is -2.37. The van der Waals surface area contributed by atoms with E-state index in [2.05, 4.69) is 5.32 Å². The van der Waals surface area contributed by atoms with Gasteiger partial charge in [-0.25, -0.2) is 0 Å². The maximum Gasteiger partial charge on any atom is 0.253 e. The Hall–Kier alpha value is -2.73. The highest BCUT2D eigenvalue weighted by atomic mass is 35.5. The number of nitrogens with zero attached hydrogens (tertiary/aromatic N) is 1. The number of amides is 2. The minimum Gasteiger partial charge on any atom is -0.486 e. The molecule has 0 saturated carbocycles. The highest BCUT2D eigenvalue weighted by Gasteiger charge is 2.32. The normalized spacial score (nSPS) is 18.7. The lowest BCUT2D eigenvalue weighted by Gasteiger charge is -2.22. The van der Waals surface area contributed by atoms with Crippen molar-refractivity contribution >= 4 is 29.1 Å². The van der Waals surface area contributed by atoms with Crippen molar-refractivity contribution in [3.63, 3.8) is 0 Å². The van der Waals surface area contributed by atoms with Gasteiger partial charge in [0.25, 0.3) is 5.91 Å². The number of hydrogen-bond acceptors (Lipinski definition) is 4. The van der Waals surface area contributed by atoms with Crippen molar-refractivity contribution in [2.24, 2.45) is 0 Å². The van der Waals surface area contributed by atoms with Gasteiger partial charge in [0.05, 0.1) is 16.6 Å². The van der Waals surface area contributed by atoms with E-state index >= 15 is 0 Å². The quantitative estimate of drug-likeness (QED) is 0.899. The predicted molar refractivity (Wildman–Crippen MR) is 97.1 cm³/mol. The molecule has 2 aromatic rings. The van der Waals surface area contributed by atoms with Gasteiger partial charge in [0.1, 0.15) is 13.2 Å². The smallest absolute Gasteiger partial charge is 0.253 e. The minimum atomic E-state index is -0.280. The fourth-order valence-electron chi connectivity index (χ4n) is 3.16. The van der Waals surface area contributed by atoms with Crippen LogP contribution >= 0.6 is 11.6 Å². The zero-order chi connectivity index (χ0) is 18.1. The molecule has 134 valence electrons. The van der Waals surface area contributed by atoms with Gasteiger partial charge in [-0.1, -0.05) is 23.7 Å². The molecule has 0 bridgehead atoms. The fourth-order valence-corrected chi connectivity index (χ4v) is 3.38. The first-order chi connectivity index (χ1) is 12.6. The zero-order valence-corrected chi connectivity index (χ0v) is 14.7. The largest absolute Gasteiger partial charge is 0.486 e.